The monoisotopic (exact) mass is 438 g/mol. The summed E-state index contributed by atoms with van der Waals surface area (Å²) in [7, 11) is 1.75. The number of likely N-dealkylation sites (tertiary alicyclic amines) is 1. The van der Waals surface area contributed by atoms with E-state index in [1.54, 1.807) is 47.2 Å². The fraction of sp³-hybridized carbons (Fsp3) is 0.280. The Hall–Kier alpha value is -2.92. The van der Waals surface area contributed by atoms with Crippen molar-refractivity contribution in [3.8, 4) is 0 Å². The van der Waals surface area contributed by atoms with E-state index >= 15 is 0 Å². The second kappa shape index (κ2) is 8.31. The maximum Gasteiger partial charge on any atom is 0.248 e. The van der Waals surface area contributed by atoms with Gasteiger partial charge >= 0.3 is 0 Å². The van der Waals surface area contributed by atoms with Gasteiger partial charge in [0.25, 0.3) is 0 Å². The van der Waals surface area contributed by atoms with Gasteiger partial charge in [-0.15, -0.1) is 0 Å². The second-order valence-corrected chi connectivity index (χ2v) is 8.72. The summed E-state index contributed by atoms with van der Waals surface area (Å²) in [5.74, 6) is -0.524. The smallest absolute Gasteiger partial charge is 0.248 e. The van der Waals surface area contributed by atoms with E-state index in [2.05, 4.69) is 0 Å². The predicted octanol–water partition coefficient (Wildman–Crippen LogP) is 4.82. The normalized spacial score (nSPS) is 18.0. The molecule has 0 N–H and O–H groups in total. The van der Waals surface area contributed by atoms with Gasteiger partial charge in [-0.3, -0.25) is 9.59 Å². The number of halogens is 2. The van der Waals surface area contributed by atoms with Gasteiger partial charge in [-0.1, -0.05) is 54.1 Å². The van der Waals surface area contributed by atoms with Crippen LogP contribution in [0.2, 0.25) is 5.02 Å². The first kappa shape index (κ1) is 21.3. The maximum atomic E-state index is 14.1. The molecule has 1 aliphatic rings. The quantitative estimate of drug-likeness (QED) is 0.572. The van der Waals surface area contributed by atoms with E-state index in [-0.39, 0.29) is 24.1 Å². The Kier molecular flexibility index (Phi) is 5.71. The molecule has 0 aromatic heterocycles. The van der Waals surface area contributed by atoms with Crippen LogP contribution in [0.4, 0.5) is 4.39 Å². The van der Waals surface area contributed by atoms with E-state index in [1.165, 1.54) is 6.07 Å². The molecule has 31 heavy (non-hydrogen) atoms. The molecule has 1 saturated heterocycles. The average molecular weight is 439 g/mol. The largest absolute Gasteiger partial charge is 0.339 e. The topological polar surface area (TPSA) is 40.6 Å². The molecule has 6 heteroatoms. The molecule has 0 radical (unpaired) electrons. The zero-order chi connectivity index (χ0) is 22.2. The van der Waals surface area contributed by atoms with Crippen molar-refractivity contribution >= 4 is 34.2 Å². The number of carbonyl (C=O) groups excluding carboxylic acids is 2. The van der Waals surface area contributed by atoms with Crippen LogP contribution in [-0.4, -0.2) is 40.7 Å². The Bertz CT molecular complexity index is 1150. The maximum absolute atomic E-state index is 14.1. The molecule has 1 heterocycles. The third-order valence-electron chi connectivity index (χ3n) is 6.16. The standard InChI is InChI=1S/C25H24ClFN2O2/c1-25(24(31)28(2)16-17-7-10-19(26)11-8-17)13-14-29(25)23(30)15-18-9-12-22(27)21-6-4-3-5-20(18)21/h3-12H,13-16H2,1-2H3. The first-order valence-electron chi connectivity index (χ1n) is 10.3. The van der Waals surface area contributed by atoms with Crippen LogP contribution < -0.4 is 0 Å². The molecule has 4 nitrogen and oxygen atoms in total. The molecule has 1 fully saturated rings. The Morgan fingerprint density at radius 1 is 1.06 bits per heavy atom. The summed E-state index contributed by atoms with van der Waals surface area (Å²) in [5, 5.41) is 1.87. The van der Waals surface area contributed by atoms with Crippen LogP contribution in [0.25, 0.3) is 10.8 Å². The summed E-state index contributed by atoms with van der Waals surface area (Å²) < 4.78 is 14.1. The number of amides is 2. The van der Waals surface area contributed by atoms with Crippen molar-refractivity contribution in [1.82, 2.24) is 9.80 Å². The molecule has 1 aliphatic heterocycles. The predicted molar refractivity (Wildman–Crippen MR) is 120 cm³/mol. The fourth-order valence-electron chi connectivity index (χ4n) is 4.27. The molecule has 0 bridgehead atoms. The molecular weight excluding hydrogens is 415 g/mol. The number of hydrogen-bond acceptors (Lipinski definition) is 2. The molecule has 3 aromatic carbocycles. The summed E-state index contributed by atoms with van der Waals surface area (Å²) in [6.07, 6.45) is 0.747. The molecule has 0 saturated carbocycles. The molecule has 160 valence electrons. The van der Waals surface area contributed by atoms with Crippen molar-refractivity contribution in [1.29, 1.82) is 0 Å². The van der Waals surface area contributed by atoms with Gasteiger partial charge in [-0.05, 0) is 48.1 Å². The van der Waals surface area contributed by atoms with Gasteiger partial charge in [0.15, 0.2) is 0 Å². The van der Waals surface area contributed by atoms with Gasteiger partial charge in [0.05, 0.1) is 6.42 Å². The number of carbonyl (C=O) groups is 2. The number of hydrogen-bond donors (Lipinski definition) is 0. The number of fused-ring (bicyclic) bond motifs is 1. The lowest BCUT2D eigenvalue weighted by molar-refractivity contribution is -0.163. The van der Waals surface area contributed by atoms with Crippen molar-refractivity contribution in [3.05, 3.63) is 82.6 Å². The fourth-order valence-corrected chi connectivity index (χ4v) is 4.39. The number of benzene rings is 3. The third-order valence-corrected chi connectivity index (χ3v) is 6.41. The minimum Gasteiger partial charge on any atom is -0.339 e. The van der Waals surface area contributed by atoms with E-state index < -0.39 is 5.54 Å². The average Bonchev–Trinajstić information content (AvgIpc) is 2.75. The zero-order valence-corrected chi connectivity index (χ0v) is 18.3. The highest BCUT2D eigenvalue weighted by atomic mass is 35.5. The van der Waals surface area contributed by atoms with Crippen LogP contribution in [0.15, 0.2) is 60.7 Å². The van der Waals surface area contributed by atoms with Gasteiger partial charge in [0.1, 0.15) is 11.4 Å². The van der Waals surface area contributed by atoms with Crippen molar-refractivity contribution in [2.24, 2.45) is 0 Å². The van der Waals surface area contributed by atoms with Crippen molar-refractivity contribution in [2.75, 3.05) is 13.6 Å². The van der Waals surface area contributed by atoms with E-state index in [9.17, 15) is 14.0 Å². The Morgan fingerprint density at radius 3 is 2.39 bits per heavy atom. The van der Waals surface area contributed by atoms with Gasteiger partial charge in [-0.2, -0.15) is 0 Å². The lowest BCUT2D eigenvalue weighted by Crippen LogP contribution is -2.67. The van der Waals surface area contributed by atoms with Gasteiger partial charge in [-0.25, -0.2) is 4.39 Å². The number of rotatable bonds is 5. The highest BCUT2D eigenvalue weighted by Gasteiger charge is 2.50. The van der Waals surface area contributed by atoms with Crippen LogP contribution >= 0.6 is 11.6 Å². The molecule has 1 atom stereocenters. The van der Waals surface area contributed by atoms with Crippen molar-refractivity contribution < 1.29 is 14.0 Å². The molecule has 0 spiro atoms. The second-order valence-electron chi connectivity index (χ2n) is 8.29. The number of nitrogens with zero attached hydrogens (tertiary/aromatic N) is 2. The number of likely N-dealkylation sites (N-methyl/N-ethyl adjacent to an activating group) is 1. The summed E-state index contributed by atoms with van der Waals surface area (Å²) in [6.45, 7) is 2.79. The molecular formula is C25H24ClFN2O2. The first-order chi connectivity index (χ1) is 14.8. The van der Waals surface area contributed by atoms with Crippen LogP contribution in [0, 0.1) is 5.82 Å². The van der Waals surface area contributed by atoms with E-state index in [0.717, 1.165) is 16.5 Å². The van der Waals surface area contributed by atoms with Crippen LogP contribution in [0.5, 0.6) is 0 Å². The Labute approximate surface area is 186 Å². The Balaban J connectivity index is 1.49. The first-order valence-corrected chi connectivity index (χ1v) is 10.6. The minimum atomic E-state index is -0.867. The summed E-state index contributed by atoms with van der Waals surface area (Å²) in [4.78, 5) is 29.6. The summed E-state index contributed by atoms with van der Waals surface area (Å²) >= 11 is 5.93. The molecule has 1 unspecified atom stereocenters. The molecule has 4 rings (SSSR count). The molecule has 0 aliphatic carbocycles. The van der Waals surface area contributed by atoms with E-state index in [1.807, 2.05) is 31.2 Å². The highest BCUT2D eigenvalue weighted by molar-refractivity contribution is 6.30. The highest BCUT2D eigenvalue weighted by Crippen LogP contribution is 2.34. The summed E-state index contributed by atoms with van der Waals surface area (Å²) in [5.41, 5.74) is 0.866. The minimum absolute atomic E-state index is 0.0917. The third kappa shape index (κ3) is 4.02. The Morgan fingerprint density at radius 2 is 1.74 bits per heavy atom. The van der Waals surface area contributed by atoms with Crippen LogP contribution in [-0.2, 0) is 22.6 Å². The van der Waals surface area contributed by atoms with Crippen molar-refractivity contribution in [3.63, 3.8) is 0 Å². The lowest BCUT2D eigenvalue weighted by atomic mass is 9.84. The van der Waals surface area contributed by atoms with Crippen LogP contribution in [0.1, 0.15) is 24.5 Å². The van der Waals surface area contributed by atoms with Gasteiger partial charge in [0, 0.05) is 30.5 Å². The van der Waals surface area contributed by atoms with Crippen molar-refractivity contribution in [2.45, 2.75) is 31.8 Å². The van der Waals surface area contributed by atoms with E-state index in [4.69, 9.17) is 11.6 Å². The van der Waals surface area contributed by atoms with Gasteiger partial charge < -0.3 is 9.80 Å². The molecule has 3 aromatic rings. The van der Waals surface area contributed by atoms with E-state index in [0.29, 0.717) is 29.9 Å². The van der Waals surface area contributed by atoms with Crippen LogP contribution in [0.3, 0.4) is 0 Å². The van der Waals surface area contributed by atoms with Gasteiger partial charge in [0.2, 0.25) is 11.8 Å². The molecule has 2 amide bonds. The SMILES string of the molecule is CN(Cc1ccc(Cl)cc1)C(=O)C1(C)CCN1C(=O)Cc1ccc(F)c2ccccc12. The summed E-state index contributed by atoms with van der Waals surface area (Å²) in [6, 6.07) is 17.6. The lowest BCUT2D eigenvalue weighted by Gasteiger charge is -2.50. The zero-order valence-electron chi connectivity index (χ0n) is 17.6.